The average Bonchev–Trinajstić information content (AvgIpc) is 2.52. The fourth-order valence-electron chi connectivity index (χ4n) is 2.05. The molecule has 1 atom stereocenters. The molecular weight excluding hydrogens is 318 g/mol. The zero-order valence-corrected chi connectivity index (χ0v) is 13.9. The normalized spacial score (nSPS) is 12.0. The lowest BCUT2D eigenvalue weighted by Gasteiger charge is -2.22. The lowest BCUT2D eigenvalue weighted by molar-refractivity contribution is 0.0673. The van der Waals surface area contributed by atoms with Crippen LogP contribution in [-0.4, -0.2) is 45.4 Å². The van der Waals surface area contributed by atoms with Gasteiger partial charge in [-0.1, -0.05) is 17.7 Å². The van der Waals surface area contributed by atoms with Gasteiger partial charge in [0.2, 0.25) is 5.43 Å². The Labute approximate surface area is 138 Å². The summed E-state index contributed by atoms with van der Waals surface area (Å²) in [5.41, 5.74) is 0.592. The number of halogens is 1. The van der Waals surface area contributed by atoms with Crippen molar-refractivity contribution in [3.8, 4) is 5.69 Å². The van der Waals surface area contributed by atoms with Crippen molar-refractivity contribution in [1.82, 2.24) is 14.7 Å². The molecule has 2 rings (SSSR count). The number of aliphatic hydroxyl groups is 1. The Bertz CT molecular complexity index is 788. The highest BCUT2D eigenvalue weighted by atomic mass is 35.5. The standard InChI is InChI=1S/C16H18ClN3O3/c1-10-7-14(22)15(16(23)19(3)11(2)9-21)18-20(10)13-6-4-5-12(17)8-13/h4-8,11,21H,9H2,1-3H3. The first-order chi connectivity index (χ1) is 10.8. The van der Waals surface area contributed by atoms with Crippen molar-refractivity contribution in [2.24, 2.45) is 0 Å². The first kappa shape index (κ1) is 17.2. The van der Waals surface area contributed by atoms with Crippen LogP contribution in [0.25, 0.3) is 5.69 Å². The van der Waals surface area contributed by atoms with E-state index >= 15 is 0 Å². The quantitative estimate of drug-likeness (QED) is 0.921. The maximum absolute atomic E-state index is 12.4. The Hall–Kier alpha value is -2.18. The minimum atomic E-state index is -0.535. The minimum Gasteiger partial charge on any atom is -0.394 e. The summed E-state index contributed by atoms with van der Waals surface area (Å²) in [5, 5.41) is 13.9. The lowest BCUT2D eigenvalue weighted by Crippen LogP contribution is -2.40. The van der Waals surface area contributed by atoms with Crippen LogP contribution in [-0.2, 0) is 0 Å². The predicted molar refractivity (Wildman–Crippen MR) is 88.2 cm³/mol. The monoisotopic (exact) mass is 335 g/mol. The number of carbonyl (C=O) groups excluding carboxylic acids is 1. The third-order valence-electron chi connectivity index (χ3n) is 3.61. The molecule has 2 aromatic rings. The molecule has 6 nitrogen and oxygen atoms in total. The lowest BCUT2D eigenvalue weighted by atomic mass is 10.2. The number of amides is 1. The summed E-state index contributed by atoms with van der Waals surface area (Å²) in [4.78, 5) is 25.9. The largest absolute Gasteiger partial charge is 0.394 e. The number of carbonyl (C=O) groups is 1. The fourth-order valence-corrected chi connectivity index (χ4v) is 2.24. The molecular formula is C16H18ClN3O3. The number of nitrogens with zero attached hydrogens (tertiary/aromatic N) is 3. The van der Waals surface area contributed by atoms with E-state index in [1.165, 1.54) is 22.7 Å². The number of aryl methyl sites for hydroxylation is 1. The van der Waals surface area contributed by atoms with Gasteiger partial charge in [0.15, 0.2) is 5.69 Å². The summed E-state index contributed by atoms with van der Waals surface area (Å²) in [7, 11) is 1.52. The van der Waals surface area contributed by atoms with E-state index in [1.807, 2.05) is 0 Å². The van der Waals surface area contributed by atoms with Crippen LogP contribution >= 0.6 is 11.6 Å². The van der Waals surface area contributed by atoms with Crippen molar-refractivity contribution in [1.29, 1.82) is 0 Å². The fraction of sp³-hybridized carbons (Fsp3) is 0.312. The molecule has 7 heteroatoms. The van der Waals surface area contributed by atoms with Gasteiger partial charge in [0, 0.05) is 23.8 Å². The van der Waals surface area contributed by atoms with E-state index in [2.05, 4.69) is 5.10 Å². The maximum atomic E-state index is 12.4. The van der Waals surface area contributed by atoms with Crippen molar-refractivity contribution in [2.75, 3.05) is 13.7 Å². The number of rotatable bonds is 4. The zero-order valence-electron chi connectivity index (χ0n) is 13.2. The topological polar surface area (TPSA) is 75.4 Å². The van der Waals surface area contributed by atoms with Crippen LogP contribution in [0.5, 0.6) is 0 Å². The van der Waals surface area contributed by atoms with Crippen LogP contribution in [0.1, 0.15) is 23.1 Å². The molecule has 0 spiro atoms. The average molecular weight is 336 g/mol. The van der Waals surface area contributed by atoms with Crippen molar-refractivity contribution < 1.29 is 9.90 Å². The van der Waals surface area contributed by atoms with Crippen LogP contribution in [0, 0.1) is 6.92 Å². The van der Waals surface area contributed by atoms with Crippen LogP contribution in [0.3, 0.4) is 0 Å². The maximum Gasteiger partial charge on any atom is 0.278 e. The summed E-state index contributed by atoms with van der Waals surface area (Å²) >= 11 is 5.99. The zero-order chi connectivity index (χ0) is 17.1. The van der Waals surface area contributed by atoms with Gasteiger partial charge >= 0.3 is 0 Å². The van der Waals surface area contributed by atoms with Gasteiger partial charge < -0.3 is 10.0 Å². The van der Waals surface area contributed by atoms with Gasteiger partial charge in [-0.15, -0.1) is 0 Å². The van der Waals surface area contributed by atoms with Crippen molar-refractivity contribution in [3.05, 3.63) is 57.0 Å². The van der Waals surface area contributed by atoms with Crippen molar-refractivity contribution in [2.45, 2.75) is 19.9 Å². The van der Waals surface area contributed by atoms with Gasteiger partial charge in [0.25, 0.3) is 5.91 Å². The Morgan fingerprint density at radius 3 is 2.74 bits per heavy atom. The second-order valence-corrected chi connectivity index (χ2v) is 5.77. The highest BCUT2D eigenvalue weighted by molar-refractivity contribution is 6.30. The molecule has 0 aliphatic heterocycles. The molecule has 0 saturated carbocycles. The molecule has 1 heterocycles. The SMILES string of the molecule is Cc1cc(=O)c(C(=O)N(C)C(C)CO)nn1-c1cccc(Cl)c1. The summed E-state index contributed by atoms with van der Waals surface area (Å²) in [6.45, 7) is 3.21. The third-order valence-corrected chi connectivity index (χ3v) is 3.84. The molecule has 0 aliphatic carbocycles. The van der Waals surface area contributed by atoms with Gasteiger partial charge in [0.05, 0.1) is 18.3 Å². The van der Waals surface area contributed by atoms with Crippen LogP contribution < -0.4 is 5.43 Å². The Balaban J connectivity index is 2.53. The van der Waals surface area contributed by atoms with E-state index in [0.717, 1.165) is 0 Å². The van der Waals surface area contributed by atoms with Crippen LogP contribution in [0.2, 0.25) is 5.02 Å². The van der Waals surface area contributed by atoms with Gasteiger partial charge in [-0.3, -0.25) is 9.59 Å². The number of hydrogen-bond acceptors (Lipinski definition) is 4. The highest BCUT2D eigenvalue weighted by Gasteiger charge is 2.22. The summed E-state index contributed by atoms with van der Waals surface area (Å²) < 4.78 is 1.50. The van der Waals surface area contributed by atoms with Crippen LogP contribution in [0.4, 0.5) is 0 Å². The molecule has 1 aromatic heterocycles. The summed E-state index contributed by atoms with van der Waals surface area (Å²) in [5.74, 6) is -0.535. The Morgan fingerprint density at radius 2 is 2.13 bits per heavy atom. The van der Waals surface area contributed by atoms with Gasteiger partial charge in [0.1, 0.15) is 0 Å². The summed E-state index contributed by atoms with van der Waals surface area (Å²) in [6.07, 6.45) is 0. The summed E-state index contributed by atoms with van der Waals surface area (Å²) in [6, 6.07) is 7.91. The van der Waals surface area contributed by atoms with Gasteiger partial charge in [-0.2, -0.15) is 5.10 Å². The first-order valence-corrected chi connectivity index (χ1v) is 7.48. The van der Waals surface area contributed by atoms with Gasteiger partial charge in [-0.05, 0) is 32.0 Å². The highest BCUT2D eigenvalue weighted by Crippen LogP contribution is 2.15. The van der Waals surface area contributed by atoms with E-state index < -0.39 is 17.4 Å². The molecule has 1 unspecified atom stereocenters. The number of aromatic nitrogens is 2. The Kier molecular flexibility index (Phi) is 5.18. The smallest absolute Gasteiger partial charge is 0.278 e. The number of benzene rings is 1. The molecule has 1 aromatic carbocycles. The second kappa shape index (κ2) is 6.93. The molecule has 122 valence electrons. The second-order valence-electron chi connectivity index (χ2n) is 5.34. The minimum absolute atomic E-state index is 0.196. The Morgan fingerprint density at radius 1 is 1.43 bits per heavy atom. The van der Waals surface area contributed by atoms with E-state index in [9.17, 15) is 9.59 Å². The molecule has 1 amide bonds. The van der Waals surface area contributed by atoms with E-state index in [1.54, 1.807) is 38.1 Å². The van der Waals surface area contributed by atoms with E-state index in [0.29, 0.717) is 16.4 Å². The predicted octanol–water partition coefficient (Wildman–Crippen LogP) is 1.65. The molecule has 0 fully saturated rings. The molecule has 0 aliphatic rings. The molecule has 0 radical (unpaired) electrons. The van der Waals surface area contributed by atoms with E-state index in [4.69, 9.17) is 16.7 Å². The number of aliphatic hydroxyl groups excluding tert-OH is 1. The molecule has 1 N–H and O–H groups in total. The molecule has 0 saturated heterocycles. The molecule has 23 heavy (non-hydrogen) atoms. The van der Waals surface area contributed by atoms with Gasteiger partial charge in [-0.25, -0.2) is 4.68 Å². The van der Waals surface area contributed by atoms with E-state index in [-0.39, 0.29) is 12.3 Å². The molecule has 0 bridgehead atoms. The van der Waals surface area contributed by atoms with Crippen LogP contribution in [0.15, 0.2) is 35.1 Å². The number of hydrogen-bond donors (Lipinski definition) is 1. The third kappa shape index (κ3) is 3.60. The van der Waals surface area contributed by atoms with Crippen molar-refractivity contribution >= 4 is 17.5 Å². The van der Waals surface area contributed by atoms with Crippen molar-refractivity contribution in [3.63, 3.8) is 0 Å². The number of likely N-dealkylation sites (N-methyl/N-ethyl adjacent to an activating group) is 1. The first-order valence-electron chi connectivity index (χ1n) is 7.10.